The van der Waals surface area contributed by atoms with Crippen LogP contribution in [0, 0.1) is 11.3 Å². The van der Waals surface area contributed by atoms with Gasteiger partial charge in [-0.1, -0.05) is 54.7 Å². The molecule has 1 atom stereocenters. The van der Waals surface area contributed by atoms with Crippen molar-refractivity contribution in [1.29, 1.82) is 5.26 Å². The van der Waals surface area contributed by atoms with Crippen molar-refractivity contribution in [3.8, 4) is 6.07 Å². The second-order valence-corrected chi connectivity index (χ2v) is 4.71. The first-order valence-corrected chi connectivity index (χ1v) is 6.38. The Kier molecular flexibility index (Phi) is 4.40. The van der Waals surface area contributed by atoms with Gasteiger partial charge in [0.15, 0.2) is 0 Å². The molecule has 1 aliphatic carbocycles. The van der Waals surface area contributed by atoms with E-state index in [-0.39, 0.29) is 0 Å². The van der Waals surface area contributed by atoms with Crippen LogP contribution in [0.4, 0.5) is 0 Å². The van der Waals surface area contributed by atoms with Crippen LogP contribution in [-0.4, -0.2) is 16.1 Å². The van der Waals surface area contributed by atoms with E-state index >= 15 is 0 Å². The fourth-order valence-corrected chi connectivity index (χ4v) is 2.08. The summed E-state index contributed by atoms with van der Waals surface area (Å²) < 4.78 is 0. The molecule has 3 heteroatoms. The standard InChI is InChI=1S/C16H13NOS/c17-11-13-7-5-12(6-8-13)9-10-15(18)14-3-1-2-4-16(14)19/h1-3,5-10,15,18H,4H2. The minimum absolute atomic E-state index is 0.624. The zero-order valence-corrected chi connectivity index (χ0v) is 11.1. The zero-order chi connectivity index (χ0) is 13.7. The van der Waals surface area contributed by atoms with Crippen molar-refractivity contribution in [2.24, 2.45) is 0 Å². The lowest BCUT2D eigenvalue weighted by Crippen LogP contribution is -2.15. The van der Waals surface area contributed by atoms with Crippen molar-refractivity contribution in [1.82, 2.24) is 0 Å². The molecule has 0 bridgehead atoms. The van der Waals surface area contributed by atoms with Crippen LogP contribution in [-0.2, 0) is 0 Å². The number of benzene rings is 1. The lowest BCUT2D eigenvalue weighted by molar-refractivity contribution is 0.266. The summed E-state index contributed by atoms with van der Waals surface area (Å²) in [7, 11) is 0. The van der Waals surface area contributed by atoms with Gasteiger partial charge >= 0.3 is 0 Å². The third-order valence-electron chi connectivity index (χ3n) is 2.87. The van der Waals surface area contributed by atoms with Crippen molar-refractivity contribution in [3.05, 3.63) is 65.3 Å². The van der Waals surface area contributed by atoms with Gasteiger partial charge in [-0.2, -0.15) is 5.26 Å². The number of rotatable bonds is 3. The number of allylic oxidation sites excluding steroid dienone is 3. The van der Waals surface area contributed by atoms with Gasteiger partial charge < -0.3 is 5.11 Å². The Labute approximate surface area is 118 Å². The molecule has 19 heavy (non-hydrogen) atoms. The Morgan fingerprint density at radius 1 is 1.32 bits per heavy atom. The Balaban J connectivity index is 2.09. The molecule has 0 aromatic heterocycles. The van der Waals surface area contributed by atoms with E-state index in [1.165, 1.54) is 0 Å². The number of thiocarbonyl (C=S) groups is 1. The molecule has 0 saturated heterocycles. The lowest BCUT2D eigenvalue weighted by Gasteiger charge is -2.13. The molecule has 1 N–H and O–H groups in total. The first-order chi connectivity index (χ1) is 9.20. The molecule has 2 nitrogen and oxygen atoms in total. The normalized spacial score (nSPS) is 16.2. The molecular weight excluding hydrogens is 254 g/mol. The zero-order valence-electron chi connectivity index (χ0n) is 10.3. The van der Waals surface area contributed by atoms with Gasteiger partial charge in [0.1, 0.15) is 0 Å². The molecule has 0 fully saturated rings. The average Bonchev–Trinajstić information content (AvgIpc) is 2.46. The molecular formula is C16H13NOS. The van der Waals surface area contributed by atoms with Crippen LogP contribution in [0.5, 0.6) is 0 Å². The van der Waals surface area contributed by atoms with E-state index in [1.54, 1.807) is 18.2 Å². The summed E-state index contributed by atoms with van der Waals surface area (Å²) in [5, 5.41) is 18.8. The SMILES string of the molecule is N#Cc1ccc(C=CC(O)C2=CC=CCC2=S)cc1. The van der Waals surface area contributed by atoms with Crippen LogP contribution in [0.25, 0.3) is 6.08 Å². The number of aliphatic hydroxyl groups is 1. The predicted octanol–water partition coefficient (Wildman–Crippen LogP) is 3.19. The van der Waals surface area contributed by atoms with Gasteiger partial charge in [0.05, 0.1) is 17.7 Å². The third-order valence-corrected chi connectivity index (χ3v) is 3.27. The van der Waals surface area contributed by atoms with Crippen LogP contribution < -0.4 is 0 Å². The molecule has 1 aromatic rings. The summed E-state index contributed by atoms with van der Waals surface area (Å²) in [4.78, 5) is 0.777. The van der Waals surface area contributed by atoms with E-state index < -0.39 is 6.10 Å². The van der Waals surface area contributed by atoms with Gasteiger partial charge in [0.2, 0.25) is 0 Å². The minimum atomic E-state index is -0.687. The van der Waals surface area contributed by atoms with E-state index in [2.05, 4.69) is 6.07 Å². The molecule has 0 heterocycles. The van der Waals surface area contributed by atoms with Crippen molar-refractivity contribution in [2.75, 3.05) is 0 Å². The molecule has 1 unspecified atom stereocenters. The van der Waals surface area contributed by atoms with Crippen molar-refractivity contribution >= 4 is 23.2 Å². The number of nitrogens with zero attached hydrogens (tertiary/aromatic N) is 1. The quantitative estimate of drug-likeness (QED) is 0.855. The molecule has 0 radical (unpaired) electrons. The largest absolute Gasteiger partial charge is 0.384 e. The van der Waals surface area contributed by atoms with E-state index in [1.807, 2.05) is 36.4 Å². The summed E-state index contributed by atoms with van der Waals surface area (Å²) >= 11 is 5.22. The summed E-state index contributed by atoms with van der Waals surface area (Å²) in [5.74, 6) is 0. The maximum absolute atomic E-state index is 10.1. The molecule has 0 aliphatic heterocycles. The molecule has 0 spiro atoms. The lowest BCUT2D eigenvalue weighted by atomic mass is 9.98. The Bertz CT molecular complexity index is 603. The van der Waals surface area contributed by atoms with E-state index in [9.17, 15) is 5.11 Å². The first-order valence-electron chi connectivity index (χ1n) is 5.97. The number of hydrogen-bond donors (Lipinski definition) is 1. The number of aliphatic hydroxyl groups excluding tert-OH is 1. The molecule has 94 valence electrons. The summed E-state index contributed by atoms with van der Waals surface area (Å²) in [6.45, 7) is 0. The highest BCUT2D eigenvalue weighted by atomic mass is 32.1. The Hall–Kier alpha value is -2.02. The smallest absolute Gasteiger partial charge is 0.0991 e. The predicted molar refractivity (Wildman–Crippen MR) is 80.6 cm³/mol. The van der Waals surface area contributed by atoms with Crippen molar-refractivity contribution in [3.63, 3.8) is 0 Å². The number of nitriles is 1. The van der Waals surface area contributed by atoms with E-state index in [0.717, 1.165) is 16.0 Å². The fourth-order valence-electron chi connectivity index (χ4n) is 1.80. The fraction of sp³-hybridized carbons (Fsp3) is 0.125. The first kappa shape index (κ1) is 13.4. The van der Waals surface area contributed by atoms with Gasteiger partial charge in [-0.05, 0) is 23.3 Å². The minimum Gasteiger partial charge on any atom is -0.384 e. The highest BCUT2D eigenvalue weighted by Crippen LogP contribution is 2.16. The van der Waals surface area contributed by atoms with Crippen LogP contribution >= 0.6 is 12.2 Å². The highest BCUT2D eigenvalue weighted by Gasteiger charge is 2.13. The van der Waals surface area contributed by atoms with Gasteiger partial charge in [0.25, 0.3) is 0 Å². The topological polar surface area (TPSA) is 44.0 Å². The molecule has 1 aliphatic rings. The molecule has 0 amide bonds. The van der Waals surface area contributed by atoms with Crippen molar-refractivity contribution in [2.45, 2.75) is 12.5 Å². The van der Waals surface area contributed by atoms with Gasteiger partial charge in [-0.25, -0.2) is 0 Å². The summed E-state index contributed by atoms with van der Waals surface area (Å²) in [6.07, 6.45) is 9.29. The summed E-state index contributed by atoms with van der Waals surface area (Å²) in [6, 6.07) is 9.25. The number of hydrogen-bond acceptors (Lipinski definition) is 3. The van der Waals surface area contributed by atoms with Gasteiger partial charge in [-0.15, -0.1) is 0 Å². The van der Waals surface area contributed by atoms with Crippen LogP contribution in [0.3, 0.4) is 0 Å². The maximum Gasteiger partial charge on any atom is 0.0991 e. The highest BCUT2D eigenvalue weighted by molar-refractivity contribution is 7.80. The van der Waals surface area contributed by atoms with Crippen LogP contribution in [0.2, 0.25) is 0 Å². The second kappa shape index (κ2) is 6.24. The monoisotopic (exact) mass is 267 g/mol. The van der Waals surface area contributed by atoms with Gasteiger partial charge in [-0.3, -0.25) is 0 Å². The third kappa shape index (κ3) is 3.47. The maximum atomic E-state index is 10.1. The Morgan fingerprint density at radius 3 is 2.68 bits per heavy atom. The van der Waals surface area contributed by atoms with Crippen LogP contribution in [0.15, 0.2) is 54.1 Å². The summed E-state index contributed by atoms with van der Waals surface area (Å²) in [5.41, 5.74) is 2.34. The molecule has 0 saturated carbocycles. The van der Waals surface area contributed by atoms with Gasteiger partial charge in [0, 0.05) is 11.3 Å². The second-order valence-electron chi connectivity index (χ2n) is 4.22. The molecule has 1 aromatic carbocycles. The van der Waals surface area contributed by atoms with E-state index in [0.29, 0.717) is 12.0 Å². The van der Waals surface area contributed by atoms with E-state index in [4.69, 9.17) is 17.5 Å². The van der Waals surface area contributed by atoms with Crippen molar-refractivity contribution < 1.29 is 5.11 Å². The molecule has 2 rings (SSSR count). The Morgan fingerprint density at radius 2 is 2.05 bits per heavy atom. The average molecular weight is 267 g/mol. The van der Waals surface area contributed by atoms with Crippen LogP contribution in [0.1, 0.15) is 17.5 Å².